The van der Waals surface area contributed by atoms with Gasteiger partial charge >= 0.3 is 6.36 Å². The number of amides is 1. The number of aryl methyl sites for hydroxylation is 1. The molecular weight excluding hydrogens is 309 g/mol. The molecule has 0 aliphatic carbocycles. The van der Waals surface area contributed by atoms with E-state index in [0.717, 1.165) is 13.0 Å². The van der Waals surface area contributed by atoms with Crippen LogP contribution >= 0.6 is 0 Å². The Kier molecular flexibility index (Phi) is 5.67. The summed E-state index contributed by atoms with van der Waals surface area (Å²) in [6, 6.07) is 9.27. The average Bonchev–Trinajstić information content (AvgIpc) is 2.98. The number of benzene rings is 1. The van der Waals surface area contributed by atoms with Crippen molar-refractivity contribution in [3.63, 3.8) is 0 Å². The minimum Gasteiger partial charge on any atom is -0.406 e. The number of alkyl halides is 3. The minimum atomic E-state index is -4.70. The fourth-order valence-electron chi connectivity index (χ4n) is 2.04. The summed E-state index contributed by atoms with van der Waals surface area (Å²) in [6.45, 7) is 1.04. The van der Waals surface area contributed by atoms with Crippen LogP contribution in [0.15, 0.2) is 48.8 Å². The number of ether oxygens (including phenoxy) is 1. The fourth-order valence-corrected chi connectivity index (χ4v) is 2.04. The van der Waals surface area contributed by atoms with E-state index >= 15 is 0 Å². The van der Waals surface area contributed by atoms with Crippen LogP contribution in [-0.2, 0) is 17.9 Å². The summed E-state index contributed by atoms with van der Waals surface area (Å²) in [5.74, 6) is -0.368. The summed E-state index contributed by atoms with van der Waals surface area (Å²) < 4.78 is 41.9. The van der Waals surface area contributed by atoms with E-state index in [1.165, 1.54) is 24.3 Å². The number of hydrogen-bond acceptors (Lipinski definition) is 2. The number of halogens is 3. The zero-order valence-corrected chi connectivity index (χ0v) is 12.3. The van der Waals surface area contributed by atoms with Gasteiger partial charge in [0.1, 0.15) is 5.75 Å². The van der Waals surface area contributed by atoms with E-state index in [0.29, 0.717) is 12.0 Å². The lowest BCUT2D eigenvalue weighted by atomic mass is 10.2. The van der Waals surface area contributed by atoms with Crippen LogP contribution in [0.3, 0.4) is 0 Å². The van der Waals surface area contributed by atoms with Crippen LogP contribution < -0.4 is 10.1 Å². The molecule has 4 nitrogen and oxygen atoms in total. The first kappa shape index (κ1) is 16.9. The Balaban J connectivity index is 1.69. The molecule has 23 heavy (non-hydrogen) atoms. The smallest absolute Gasteiger partial charge is 0.406 e. The molecule has 0 bridgehead atoms. The van der Waals surface area contributed by atoms with Crippen molar-refractivity contribution in [1.29, 1.82) is 0 Å². The third-order valence-corrected chi connectivity index (χ3v) is 3.13. The van der Waals surface area contributed by atoms with Gasteiger partial charge in [0.2, 0.25) is 5.91 Å². The summed E-state index contributed by atoms with van der Waals surface area (Å²) in [4.78, 5) is 11.7. The van der Waals surface area contributed by atoms with Gasteiger partial charge < -0.3 is 14.6 Å². The van der Waals surface area contributed by atoms with Crippen LogP contribution in [0.25, 0.3) is 0 Å². The first-order valence-electron chi connectivity index (χ1n) is 7.14. The zero-order valence-electron chi connectivity index (χ0n) is 12.3. The second kappa shape index (κ2) is 7.71. The number of nitrogens with zero attached hydrogens (tertiary/aromatic N) is 1. The van der Waals surface area contributed by atoms with Crippen LogP contribution in [0, 0.1) is 0 Å². The molecule has 2 rings (SSSR count). The van der Waals surface area contributed by atoms with Crippen molar-refractivity contribution < 1.29 is 22.7 Å². The first-order valence-corrected chi connectivity index (χ1v) is 7.14. The summed E-state index contributed by atoms with van der Waals surface area (Å²) in [5.41, 5.74) is 0.707. The highest BCUT2D eigenvalue weighted by atomic mass is 19.4. The van der Waals surface area contributed by atoms with E-state index in [4.69, 9.17) is 0 Å². The van der Waals surface area contributed by atoms with Crippen molar-refractivity contribution in [2.45, 2.75) is 32.3 Å². The molecule has 0 atom stereocenters. The van der Waals surface area contributed by atoms with E-state index in [-0.39, 0.29) is 18.2 Å². The van der Waals surface area contributed by atoms with Crippen LogP contribution in [-0.4, -0.2) is 16.8 Å². The number of hydrogen-bond donors (Lipinski definition) is 1. The van der Waals surface area contributed by atoms with Crippen LogP contribution in [0.5, 0.6) is 5.75 Å². The highest BCUT2D eigenvalue weighted by Crippen LogP contribution is 2.22. The van der Waals surface area contributed by atoms with Crippen molar-refractivity contribution in [3.05, 3.63) is 54.4 Å². The number of carbonyl (C=O) groups is 1. The van der Waals surface area contributed by atoms with Gasteiger partial charge in [0, 0.05) is 31.9 Å². The number of aromatic nitrogens is 1. The molecule has 0 radical (unpaired) electrons. The molecule has 2 aromatic rings. The summed E-state index contributed by atoms with van der Waals surface area (Å²) in [5, 5.41) is 2.74. The molecule has 0 aliphatic rings. The Morgan fingerprint density at radius 1 is 1.13 bits per heavy atom. The first-order chi connectivity index (χ1) is 10.9. The third-order valence-electron chi connectivity index (χ3n) is 3.13. The van der Waals surface area contributed by atoms with E-state index in [1.807, 2.05) is 29.1 Å². The second-order valence-electron chi connectivity index (χ2n) is 4.99. The summed E-state index contributed by atoms with van der Waals surface area (Å²) in [7, 11) is 0. The molecule has 0 saturated heterocycles. The molecule has 1 amide bonds. The van der Waals surface area contributed by atoms with Gasteiger partial charge in [0.05, 0.1) is 0 Å². The lowest BCUT2D eigenvalue weighted by Gasteiger charge is -2.10. The molecule has 0 spiro atoms. The fraction of sp³-hybridized carbons (Fsp3) is 0.312. The number of rotatable bonds is 7. The maximum atomic E-state index is 12.0. The quantitative estimate of drug-likeness (QED) is 0.846. The summed E-state index contributed by atoms with van der Waals surface area (Å²) in [6.07, 6.45) is 0.284. The lowest BCUT2D eigenvalue weighted by molar-refractivity contribution is -0.274. The van der Waals surface area contributed by atoms with Crippen LogP contribution in [0.4, 0.5) is 13.2 Å². The molecule has 0 fully saturated rings. The molecular formula is C16H17F3N2O2. The predicted molar refractivity (Wildman–Crippen MR) is 78.6 cm³/mol. The van der Waals surface area contributed by atoms with Gasteiger partial charge in [-0.25, -0.2) is 0 Å². The van der Waals surface area contributed by atoms with Crippen molar-refractivity contribution in [2.24, 2.45) is 0 Å². The van der Waals surface area contributed by atoms with Crippen molar-refractivity contribution in [2.75, 3.05) is 0 Å². The minimum absolute atomic E-state index is 0.0900. The predicted octanol–water partition coefficient (Wildman–Crippen LogP) is 3.48. The SMILES string of the molecule is O=C(CCCn1cccc1)NCc1ccc(OC(F)(F)F)cc1. The van der Waals surface area contributed by atoms with Crippen molar-refractivity contribution >= 4 is 5.91 Å². The normalized spacial score (nSPS) is 11.3. The van der Waals surface area contributed by atoms with E-state index in [9.17, 15) is 18.0 Å². The largest absolute Gasteiger partial charge is 0.573 e. The Hall–Kier alpha value is -2.44. The standard InChI is InChI=1S/C16H17F3N2O2/c17-16(18,19)23-14-7-5-13(6-8-14)12-20-15(22)4-3-11-21-9-1-2-10-21/h1-2,5-10H,3-4,11-12H2,(H,20,22). The van der Waals surface area contributed by atoms with Crippen molar-refractivity contribution in [1.82, 2.24) is 9.88 Å². The van der Waals surface area contributed by atoms with Gasteiger partial charge in [-0.2, -0.15) is 0 Å². The molecule has 0 saturated carbocycles. The van der Waals surface area contributed by atoms with Gasteiger partial charge in [0.15, 0.2) is 0 Å². The maximum Gasteiger partial charge on any atom is 0.573 e. The monoisotopic (exact) mass is 326 g/mol. The van der Waals surface area contributed by atoms with E-state index in [1.54, 1.807) is 0 Å². The van der Waals surface area contributed by atoms with Gasteiger partial charge in [-0.15, -0.1) is 13.2 Å². The Labute approximate surface area is 131 Å². The third kappa shape index (κ3) is 6.46. The molecule has 124 valence electrons. The maximum absolute atomic E-state index is 12.0. The van der Waals surface area contributed by atoms with Gasteiger partial charge in [-0.1, -0.05) is 12.1 Å². The molecule has 1 heterocycles. The molecule has 1 N–H and O–H groups in total. The van der Waals surface area contributed by atoms with Crippen LogP contribution in [0.2, 0.25) is 0 Å². The van der Waals surface area contributed by atoms with Crippen LogP contribution in [0.1, 0.15) is 18.4 Å². The van der Waals surface area contributed by atoms with Gasteiger partial charge in [-0.05, 0) is 36.2 Å². The van der Waals surface area contributed by atoms with Crippen molar-refractivity contribution in [3.8, 4) is 5.75 Å². The molecule has 1 aromatic heterocycles. The molecule has 0 aliphatic heterocycles. The van der Waals surface area contributed by atoms with E-state index < -0.39 is 6.36 Å². The Morgan fingerprint density at radius 2 is 1.78 bits per heavy atom. The molecule has 1 aromatic carbocycles. The molecule has 0 unspecified atom stereocenters. The second-order valence-corrected chi connectivity index (χ2v) is 4.99. The van der Waals surface area contributed by atoms with E-state index in [2.05, 4.69) is 10.1 Å². The Bertz CT molecular complexity index is 607. The lowest BCUT2D eigenvalue weighted by Crippen LogP contribution is -2.22. The highest BCUT2D eigenvalue weighted by Gasteiger charge is 2.30. The average molecular weight is 326 g/mol. The molecule has 7 heteroatoms. The number of carbonyl (C=O) groups excluding carboxylic acids is 1. The topological polar surface area (TPSA) is 43.3 Å². The zero-order chi connectivity index (χ0) is 16.7. The Morgan fingerprint density at radius 3 is 2.39 bits per heavy atom. The van der Waals surface area contributed by atoms with Gasteiger partial charge in [0.25, 0.3) is 0 Å². The highest BCUT2D eigenvalue weighted by molar-refractivity contribution is 5.75. The summed E-state index contributed by atoms with van der Waals surface area (Å²) >= 11 is 0. The number of nitrogens with one attached hydrogen (secondary N) is 1. The van der Waals surface area contributed by atoms with Gasteiger partial charge in [-0.3, -0.25) is 4.79 Å².